The fourth-order valence-corrected chi connectivity index (χ4v) is 25.0. The van der Waals surface area contributed by atoms with Gasteiger partial charge >= 0.3 is 0 Å². The molecule has 10 aromatic rings. The Hall–Kier alpha value is -8.31. The summed E-state index contributed by atoms with van der Waals surface area (Å²) in [7, 11) is 0. The molecule has 2 aliphatic heterocycles. The van der Waals surface area contributed by atoms with E-state index < -0.39 is 27.1 Å². The SMILES string of the molecule is C=C\C=C/C=C\C=C/Cc1c(F)cc(C(C)(C)c2ccc(C(C)(C)c3cc4c(s3)c3cc(C(C)(C)c5ccc(C(C)(CC)C6=CC(F)=C(CC7=C/C=C\C/C=C\C=C/C=C\7)C7NNNC67)s5)sc3c3cc(C(C)(CC)c5ccc(C(C)(CC)C6=CC(F)=C(c7ccccccccc7)C7NNNC67)s5)sc34)s2)c2n[nH]nc12. The van der Waals surface area contributed by atoms with Crippen LogP contribution in [0.15, 0.2) is 265 Å². The maximum absolute atomic E-state index is 17.2. The second kappa shape index (κ2) is 32.2. The van der Waals surface area contributed by atoms with Crippen LogP contribution >= 0.6 is 68.0 Å². The lowest BCUT2D eigenvalue weighted by Crippen LogP contribution is -2.45. The summed E-state index contributed by atoms with van der Waals surface area (Å²) in [6, 6.07) is 39.7. The molecule has 7 aromatic heterocycles. The molecule has 112 heavy (non-hydrogen) atoms. The van der Waals surface area contributed by atoms with Crippen molar-refractivity contribution in [3.8, 4) is 0 Å². The molecule has 7 unspecified atom stereocenters. The van der Waals surface area contributed by atoms with Gasteiger partial charge in [0, 0.05) is 118 Å². The molecule has 5 aliphatic rings. The first-order chi connectivity index (χ1) is 54.0. The number of nitrogens with one attached hydrogen (secondary N) is 7. The summed E-state index contributed by atoms with van der Waals surface area (Å²) >= 11 is 11.2. The van der Waals surface area contributed by atoms with E-state index in [9.17, 15) is 0 Å². The Bertz CT molecular complexity index is 5730. The lowest BCUT2D eigenvalue weighted by Gasteiger charge is -2.38. The van der Waals surface area contributed by atoms with Gasteiger partial charge < -0.3 is 0 Å². The van der Waals surface area contributed by atoms with Gasteiger partial charge in [0.2, 0.25) is 0 Å². The Morgan fingerprint density at radius 3 is 1.57 bits per heavy atom. The van der Waals surface area contributed by atoms with E-state index >= 15 is 13.2 Å². The number of halogens is 3. The maximum atomic E-state index is 17.2. The first kappa shape index (κ1) is 78.9. The number of aromatic amines is 1. The lowest BCUT2D eigenvalue weighted by molar-refractivity contribution is 0.447. The summed E-state index contributed by atoms with van der Waals surface area (Å²) in [6.07, 6.45) is 39.5. The quantitative estimate of drug-likeness (QED) is 0.0317. The number of H-pyrrole nitrogens is 1. The number of thiophene rings is 6. The van der Waals surface area contributed by atoms with E-state index in [2.05, 4.69) is 229 Å². The van der Waals surface area contributed by atoms with Crippen LogP contribution in [0.5, 0.6) is 0 Å². The van der Waals surface area contributed by atoms with E-state index in [0.29, 0.717) is 35.0 Å². The molecule has 9 heterocycles. The minimum absolute atomic E-state index is 0.181. The zero-order valence-corrected chi connectivity index (χ0v) is 70.5. The standard InChI is InChI=1S/C94H98F3N9S6/c1-14-18-19-20-24-33-38-43-59-67(95)54-64(82-80(59)98-104-100-82)89(5,6)70-44-45-71(107-70)90(7,8)76-52-62-86(110-76)61-51-77(91(9,10)72-46-47-73(108-72)92(11,15-2)65-55-68(96)60(81-83(65)101-105-99-81)50-57-39-34-29-25-21-22-26-30-35-40-57)111-87(61)63-53-78(112-88(62)63)94(13,17-4)75-49-48-74(109-75)93(12,16-3)66-56-69(97)79(85-84(66)102-106-103-85)58-41-36-31-27-23-28-32-37-42-58/h14,18-25,27-42,44-49,51-56,81,83-85,99,101-103,105-106H,1,15-17,26,43,50H2,2-13H3,(H,98,100,104)/b19-18-,22-21-,24-20-,27-23?,28-23?,29-25-,31-27?,32-28?,35-30-,36-31?,37-32?,38-33-,39-34-,41-36?,42-37?,57-40+,58-41?,58-42?. The second-order valence-corrected chi connectivity index (χ2v) is 38.4. The molecular formula is C94H98F3N9S6. The predicted octanol–water partition coefficient (Wildman–Crippen LogP) is 24.6. The average Bonchev–Trinajstić information content (AvgIpc) is 1.55. The van der Waals surface area contributed by atoms with Crippen LogP contribution < -0.4 is 32.8 Å². The molecule has 0 bridgehead atoms. The van der Waals surface area contributed by atoms with E-state index in [4.69, 9.17) is 0 Å². The van der Waals surface area contributed by atoms with Crippen molar-refractivity contribution in [2.24, 2.45) is 0 Å². The van der Waals surface area contributed by atoms with Crippen LogP contribution in [0.4, 0.5) is 13.2 Å². The highest BCUT2D eigenvalue weighted by Crippen LogP contribution is 2.57. The highest BCUT2D eigenvalue weighted by molar-refractivity contribution is 7.27. The van der Waals surface area contributed by atoms with Crippen molar-refractivity contribution in [1.29, 1.82) is 0 Å². The van der Waals surface area contributed by atoms with Gasteiger partial charge in [0.15, 0.2) is 0 Å². The van der Waals surface area contributed by atoms with Crippen LogP contribution in [0.25, 0.3) is 46.9 Å². The average molecular weight is 1600 g/mol. The zero-order chi connectivity index (χ0) is 78.5. The van der Waals surface area contributed by atoms with Crippen molar-refractivity contribution in [3.63, 3.8) is 0 Å². The molecule has 3 aromatic carbocycles. The monoisotopic (exact) mass is 1600 g/mol. The van der Waals surface area contributed by atoms with Crippen molar-refractivity contribution in [2.45, 2.75) is 178 Å². The van der Waals surface area contributed by atoms with Crippen LogP contribution in [0.2, 0.25) is 0 Å². The smallest absolute Gasteiger partial charge is 0.129 e. The molecule has 0 spiro atoms. The minimum atomic E-state index is -0.622. The molecule has 7 atom stereocenters. The van der Waals surface area contributed by atoms with Crippen LogP contribution in [0, 0.1) is 5.82 Å². The summed E-state index contributed by atoms with van der Waals surface area (Å²) in [5, 5.41) is 15.8. The van der Waals surface area contributed by atoms with Gasteiger partial charge in [-0.2, -0.15) is 26.5 Å². The third kappa shape index (κ3) is 14.4. The van der Waals surface area contributed by atoms with Crippen molar-refractivity contribution in [1.82, 2.24) is 48.2 Å². The second-order valence-electron chi connectivity index (χ2n) is 32.0. The Balaban J connectivity index is 0.810. The number of benzene rings is 2. The molecule has 0 saturated carbocycles. The van der Waals surface area contributed by atoms with E-state index in [0.717, 1.165) is 64.0 Å². The zero-order valence-electron chi connectivity index (χ0n) is 65.6. The van der Waals surface area contributed by atoms with Crippen LogP contribution in [-0.2, 0) is 38.9 Å². The van der Waals surface area contributed by atoms with Gasteiger partial charge in [0.25, 0.3) is 0 Å². The first-order valence-electron chi connectivity index (χ1n) is 38.9. The molecule has 576 valence electrons. The van der Waals surface area contributed by atoms with Crippen LogP contribution in [0.3, 0.4) is 0 Å². The summed E-state index contributed by atoms with van der Waals surface area (Å²) in [4.78, 5) is 11.1. The third-order valence-corrected chi connectivity index (χ3v) is 33.7. The Morgan fingerprint density at radius 1 is 0.473 bits per heavy atom. The topological polar surface area (TPSA) is 114 Å². The third-order valence-electron chi connectivity index (χ3n) is 24.2. The molecule has 7 N–H and O–H groups in total. The Labute approximate surface area is 680 Å². The number of hydrogen-bond acceptors (Lipinski definition) is 14. The molecule has 9 nitrogen and oxygen atoms in total. The minimum Gasteiger partial charge on any atom is -0.235 e. The van der Waals surface area contributed by atoms with Crippen molar-refractivity contribution < 1.29 is 13.2 Å². The number of nitrogens with zero attached hydrogens (tertiary/aromatic N) is 2. The summed E-state index contributed by atoms with van der Waals surface area (Å²) in [5.41, 5.74) is 25.2. The molecular weight excluding hydrogens is 1500 g/mol. The number of fused-ring (bicyclic) bond motifs is 9. The molecule has 3 aliphatic carbocycles. The van der Waals surface area contributed by atoms with E-state index in [1.807, 2.05) is 172 Å². The van der Waals surface area contributed by atoms with E-state index in [-0.39, 0.29) is 47.1 Å². The molecule has 0 amide bonds. The van der Waals surface area contributed by atoms with Gasteiger partial charge in [-0.05, 0) is 152 Å². The van der Waals surface area contributed by atoms with Crippen LogP contribution in [-0.4, -0.2) is 39.6 Å². The van der Waals surface area contributed by atoms with E-state index in [1.54, 1.807) is 29.6 Å². The number of allylic oxidation sites excluding steroid dienone is 21. The highest BCUT2D eigenvalue weighted by Gasteiger charge is 2.48. The van der Waals surface area contributed by atoms with Gasteiger partial charge in [-0.25, -0.2) is 34.9 Å². The largest absolute Gasteiger partial charge is 0.235 e. The Kier molecular flexibility index (Phi) is 22.7. The Morgan fingerprint density at radius 2 is 0.955 bits per heavy atom. The fraction of sp³-hybridized carbons (Fsp3) is 0.298. The highest BCUT2D eigenvalue weighted by atomic mass is 32.1. The fourth-order valence-electron chi connectivity index (χ4n) is 16.5. The summed E-state index contributed by atoms with van der Waals surface area (Å²) in [6.45, 7) is 31.3. The summed E-state index contributed by atoms with van der Waals surface area (Å²) in [5.74, 6) is -0.728. The molecule has 2 saturated heterocycles. The van der Waals surface area contributed by atoms with Gasteiger partial charge in [0.05, 0.1) is 24.2 Å². The number of hydrogen-bond donors (Lipinski definition) is 7. The van der Waals surface area contributed by atoms with E-state index in [1.165, 1.54) is 69.3 Å². The maximum Gasteiger partial charge on any atom is 0.129 e. The molecule has 2 fully saturated rings. The molecule has 15 rings (SSSR count). The summed E-state index contributed by atoms with van der Waals surface area (Å²) < 4.78 is 54.8. The van der Waals surface area contributed by atoms with Crippen molar-refractivity contribution in [2.75, 3.05) is 0 Å². The molecule has 18 heteroatoms. The lowest BCUT2D eigenvalue weighted by atomic mass is 9.70. The van der Waals surface area contributed by atoms with Crippen molar-refractivity contribution >= 4 is 115 Å². The van der Waals surface area contributed by atoms with Gasteiger partial charge in [-0.15, -0.1) is 68.0 Å². The van der Waals surface area contributed by atoms with Gasteiger partial charge in [0.1, 0.15) is 28.5 Å². The number of rotatable bonds is 23. The van der Waals surface area contributed by atoms with Gasteiger partial charge in [-0.1, -0.05) is 235 Å². The van der Waals surface area contributed by atoms with Gasteiger partial charge in [-0.3, -0.25) is 0 Å². The van der Waals surface area contributed by atoms with Crippen LogP contribution in [0.1, 0.15) is 176 Å². The molecule has 0 radical (unpaired) electrons. The van der Waals surface area contributed by atoms with Crippen molar-refractivity contribution in [3.05, 3.63) is 332 Å². The predicted molar refractivity (Wildman–Crippen MR) is 473 cm³/mol. The number of aromatic nitrogens is 3. The normalized spacial score (nSPS) is 21.9. The number of hydrazine groups is 4. The first-order valence-corrected chi connectivity index (χ1v) is 43.8.